The number of aromatic nitrogens is 2. The maximum absolute atomic E-state index is 2.95. The summed E-state index contributed by atoms with van der Waals surface area (Å²) in [4.78, 5) is 0. The number of para-hydroxylation sites is 2. The SMILES string of the molecule is c1ccc(-c2cccc(-n3c4ccccc4c4cccc(-n5c6cc(-c7ccccc7)ccc6c6c([Si](c7ccccc7)(c7ccccc7)c7ccccc7)cccc65)c43)c2)cc1. The third kappa shape index (κ3) is 5.85. The molecule has 0 radical (unpaired) electrons. The molecular weight excluding hydrogens is 777 g/mol. The number of hydrogen-bond acceptors (Lipinski definition) is 0. The Morgan fingerprint density at radius 3 is 1.41 bits per heavy atom. The second-order valence-corrected chi connectivity index (χ2v) is 20.2. The minimum atomic E-state index is -2.95. The Morgan fingerprint density at radius 2 is 0.778 bits per heavy atom. The normalized spacial score (nSPS) is 11.8. The first-order valence-corrected chi connectivity index (χ1v) is 23.8. The van der Waals surface area contributed by atoms with Crippen molar-refractivity contribution in [1.29, 1.82) is 0 Å². The summed E-state index contributed by atoms with van der Waals surface area (Å²) >= 11 is 0. The number of hydrogen-bond donors (Lipinski definition) is 0. The zero-order valence-electron chi connectivity index (χ0n) is 34.6. The average molecular weight is 819 g/mol. The summed E-state index contributed by atoms with van der Waals surface area (Å²) in [5.74, 6) is 0. The van der Waals surface area contributed by atoms with Crippen LogP contribution in [-0.4, -0.2) is 17.2 Å². The van der Waals surface area contributed by atoms with Gasteiger partial charge in [0.25, 0.3) is 0 Å². The van der Waals surface area contributed by atoms with Crippen molar-refractivity contribution >= 4 is 72.4 Å². The van der Waals surface area contributed by atoms with Gasteiger partial charge in [0.2, 0.25) is 0 Å². The lowest BCUT2D eigenvalue weighted by atomic mass is 10.0. The summed E-state index contributed by atoms with van der Waals surface area (Å²) < 4.78 is 5.06. The Bertz CT molecular complexity index is 3500. The summed E-state index contributed by atoms with van der Waals surface area (Å²) in [6.45, 7) is 0. The number of fused-ring (bicyclic) bond motifs is 6. The van der Waals surface area contributed by atoms with Crippen LogP contribution < -0.4 is 20.7 Å². The third-order valence-corrected chi connectivity index (χ3v) is 17.9. The fraction of sp³-hybridized carbons (Fsp3) is 0. The topological polar surface area (TPSA) is 9.86 Å². The molecule has 3 heteroatoms. The molecule has 0 atom stereocenters. The highest BCUT2D eigenvalue weighted by Crippen LogP contribution is 2.41. The van der Waals surface area contributed by atoms with Crippen molar-refractivity contribution in [3.8, 4) is 33.6 Å². The molecule has 0 aliphatic rings. The van der Waals surface area contributed by atoms with Crippen LogP contribution in [-0.2, 0) is 0 Å². The molecule has 0 aliphatic carbocycles. The van der Waals surface area contributed by atoms with Gasteiger partial charge in [-0.15, -0.1) is 0 Å². The van der Waals surface area contributed by atoms with Crippen LogP contribution in [0.1, 0.15) is 0 Å². The van der Waals surface area contributed by atoms with E-state index >= 15 is 0 Å². The Labute approximate surface area is 368 Å². The summed E-state index contributed by atoms with van der Waals surface area (Å²) in [5, 5.41) is 10.4. The predicted molar refractivity (Wildman–Crippen MR) is 270 cm³/mol. The molecule has 0 saturated heterocycles. The first kappa shape index (κ1) is 36.8. The molecule has 296 valence electrons. The van der Waals surface area contributed by atoms with E-state index in [-0.39, 0.29) is 0 Å². The monoisotopic (exact) mass is 818 g/mol. The fourth-order valence-electron chi connectivity index (χ4n) is 10.4. The van der Waals surface area contributed by atoms with E-state index in [1.165, 1.54) is 86.6 Å². The highest BCUT2D eigenvalue weighted by Gasteiger charge is 2.43. The maximum Gasteiger partial charge on any atom is 0.180 e. The Morgan fingerprint density at radius 1 is 0.286 bits per heavy atom. The van der Waals surface area contributed by atoms with Gasteiger partial charge >= 0.3 is 0 Å². The van der Waals surface area contributed by atoms with Gasteiger partial charge in [0.15, 0.2) is 8.07 Å². The van der Waals surface area contributed by atoms with Gasteiger partial charge in [-0.05, 0) is 79.4 Å². The first-order valence-electron chi connectivity index (χ1n) is 21.8. The summed E-state index contributed by atoms with van der Waals surface area (Å²) in [6, 6.07) is 94.4. The van der Waals surface area contributed by atoms with Crippen LogP contribution in [0.5, 0.6) is 0 Å². The van der Waals surface area contributed by atoms with E-state index in [2.05, 4.69) is 264 Å². The Kier molecular flexibility index (Phi) is 8.87. The van der Waals surface area contributed by atoms with E-state index in [4.69, 9.17) is 0 Å². The second-order valence-electron chi connectivity index (χ2n) is 16.4. The van der Waals surface area contributed by atoms with E-state index in [1.807, 2.05) is 0 Å². The molecule has 0 amide bonds. The fourth-order valence-corrected chi connectivity index (χ4v) is 15.4. The lowest BCUT2D eigenvalue weighted by molar-refractivity contribution is 1.13. The molecule has 2 heterocycles. The number of nitrogens with zero attached hydrogens (tertiary/aromatic N) is 2. The molecule has 0 saturated carbocycles. The lowest BCUT2D eigenvalue weighted by Gasteiger charge is -2.35. The van der Waals surface area contributed by atoms with E-state index in [1.54, 1.807) is 0 Å². The van der Waals surface area contributed by atoms with Crippen molar-refractivity contribution in [1.82, 2.24) is 9.13 Å². The molecule has 0 unspecified atom stereocenters. The average Bonchev–Trinajstić information content (AvgIpc) is 3.89. The van der Waals surface area contributed by atoms with E-state index in [9.17, 15) is 0 Å². The quantitative estimate of drug-likeness (QED) is 0.107. The molecule has 0 bridgehead atoms. The minimum Gasteiger partial charge on any atom is -0.307 e. The van der Waals surface area contributed by atoms with Gasteiger partial charge in [0.05, 0.1) is 27.8 Å². The third-order valence-electron chi connectivity index (χ3n) is 13.0. The Balaban J connectivity index is 1.24. The van der Waals surface area contributed by atoms with Gasteiger partial charge in [-0.3, -0.25) is 0 Å². The van der Waals surface area contributed by atoms with Gasteiger partial charge in [0, 0.05) is 27.2 Å². The van der Waals surface area contributed by atoms with Crippen LogP contribution in [0.2, 0.25) is 0 Å². The standard InChI is InChI=1S/C60H42N2Si/c1-6-21-43(22-7-1)45-25-18-26-47(41-45)61-54-35-17-16-33-51(54)52-34-19-37-56(60(52)61)62-55-36-20-38-58(59(55)53-40-39-46(42-57(53)62)44-23-8-2-9-24-44)63(48-27-10-3-11-28-48,49-29-12-4-13-30-49)50-31-14-5-15-32-50/h1-42H. The summed E-state index contributed by atoms with van der Waals surface area (Å²) in [7, 11) is -2.95. The summed E-state index contributed by atoms with van der Waals surface area (Å²) in [6.07, 6.45) is 0. The first-order chi connectivity index (χ1) is 31.3. The smallest absolute Gasteiger partial charge is 0.180 e. The van der Waals surface area contributed by atoms with Gasteiger partial charge in [-0.25, -0.2) is 0 Å². The van der Waals surface area contributed by atoms with Crippen LogP contribution in [0, 0.1) is 0 Å². The molecule has 0 aliphatic heterocycles. The van der Waals surface area contributed by atoms with E-state index in [0.717, 1.165) is 11.4 Å². The molecule has 2 nitrogen and oxygen atoms in total. The maximum atomic E-state index is 2.57. The largest absolute Gasteiger partial charge is 0.307 e. The van der Waals surface area contributed by atoms with Gasteiger partial charge < -0.3 is 9.13 Å². The van der Waals surface area contributed by atoms with Crippen molar-refractivity contribution < 1.29 is 0 Å². The Hall–Kier alpha value is -7.98. The molecule has 0 spiro atoms. The number of benzene rings is 10. The van der Waals surface area contributed by atoms with Gasteiger partial charge in [0.1, 0.15) is 0 Å². The van der Waals surface area contributed by atoms with E-state index in [0.29, 0.717) is 0 Å². The van der Waals surface area contributed by atoms with Crippen LogP contribution in [0.25, 0.3) is 77.2 Å². The van der Waals surface area contributed by atoms with Gasteiger partial charge in [-0.2, -0.15) is 0 Å². The second kappa shape index (κ2) is 15.2. The van der Waals surface area contributed by atoms with Crippen molar-refractivity contribution in [3.63, 3.8) is 0 Å². The van der Waals surface area contributed by atoms with Crippen LogP contribution in [0.15, 0.2) is 255 Å². The predicted octanol–water partition coefficient (Wildman–Crippen LogP) is 12.6. The minimum absolute atomic E-state index is 1.13. The van der Waals surface area contributed by atoms with Crippen LogP contribution >= 0.6 is 0 Å². The lowest BCUT2D eigenvalue weighted by Crippen LogP contribution is -2.74. The zero-order chi connectivity index (χ0) is 41.7. The molecule has 0 fully saturated rings. The van der Waals surface area contributed by atoms with Crippen molar-refractivity contribution in [2.45, 2.75) is 0 Å². The number of rotatable bonds is 8. The summed E-state index contributed by atoms with van der Waals surface area (Å²) in [5.41, 5.74) is 11.8. The molecule has 0 N–H and O–H groups in total. The van der Waals surface area contributed by atoms with Crippen molar-refractivity contribution in [3.05, 3.63) is 255 Å². The highest BCUT2D eigenvalue weighted by molar-refractivity contribution is 7.20. The zero-order valence-corrected chi connectivity index (χ0v) is 35.6. The molecule has 10 aromatic carbocycles. The highest BCUT2D eigenvalue weighted by atomic mass is 28.3. The molecule has 63 heavy (non-hydrogen) atoms. The molecule has 12 aromatic rings. The van der Waals surface area contributed by atoms with Crippen molar-refractivity contribution in [2.75, 3.05) is 0 Å². The molecule has 2 aromatic heterocycles. The molecule has 12 rings (SSSR count). The van der Waals surface area contributed by atoms with E-state index < -0.39 is 8.07 Å². The van der Waals surface area contributed by atoms with Crippen LogP contribution in [0.3, 0.4) is 0 Å². The van der Waals surface area contributed by atoms with Crippen molar-refractivity contribution in [2.24, 2.45) is 0 Å². The van der Waals surface area contributed by atoms with Crippen LogP contribution in [0.4, 0.5) is 0 Å². The van der Waals surface area contributed by atoms with Gasteiger partial charge in [-0.1, -0.05) is 218 Å². The molecular formula is C60H42N2Si.